The van der Waals surface area contributed by atoms with E-state index < -0.39 is 20.0 Å². The molecule has 252 valence electrons. The molecule has 2 amide bonds. The predicted octanol–water partition coefficient (Wildman–Crippen LogP) is 5.43. The summed E-state index contributed by atoms with van der Waals surface area (Å²) >= 11 is 12.0. The fraction of sp³-hybridized carbons (Fsp3) is 0.188. The number of carbonyl (C=O) groups excluding carboxylic acids is 2. The lowest BCUT2D eigenvalue weighted by atomic mass is 10.1. The van der Waals surface area contributed by atoms with Crippen LogP contribution < -0.4 is 30.7 Å². The zero-order valence-corrected chi connectivity index (χ0v) is 29.3. The number of nitrogens with two attached hydrogens (primary N) is 2. The van der Waals surface area contributed by atoms with Gasteiger partial charge in [-0.2, -0.15) is 0 Å². The molecule has 0 saturated carbocycles. The van der Waals surface area contributed by atoms with Crippen LogP contribution in [0.25, 0.3) is 0 Å². The molecule has 2 heterocycles. The second-order valence-electron chi connectivity index (χ2n) is 11.3. The van der Waals surface area contributed by atoms with Gasteiger partial charge in [0.2, 0.25) is 20.0 Å². The Kier molecular flexibility index (Phi) is 9.54. The molecule has 0 aromatic heterocycles. The molecule has 4 aromatic carbocycles. The zero-order chi connectivity index (χ0) is 35.3. The third-order valence-electron chi connectivity index (χ3n) is 7.91. The van der Waals surface area contributed by atoms with Gasteiger partial charge in [-0.15, -0.1) is 0 Å². The van der Waals surface area contributed by atoms with Gasteiger partial charge in [0.25, 0.3) is 11.8 Å². The Balaban J connectivity index is 0.000000188. The molecule has 0 radical (unpaired) electrons. The molecule has 0 aliphatic carbocycles. The van der Waals surface area contributed by atoms with Crippen molar-refractivity contribution in [3.8, 4) is 0 Å². The molecule has 12 nitrogen and oxygen atoms in total. The average Bonchev–Trinajstić information content (AvgIpc) is 2.97. The highest BCUT2D eigenvalue weighted by atomic mass is 35.5. The second-order valence-corrected chi connectivity index (χ2v) is 15.2. The van der Waals surface area contributed by atoms with Gasteiger partial charge < -0.3 is 10.6 Å². The van der Waals surface area contributed by atoms with Crippen molar-refractivity contribution in [3.05, 3.63) is 105 Å². The summed E-state index contributed by atoms with van der Waals surface area (Å²) in [5.41, 5.74) is 4.76. The topological polar surface area (TPSA) is 185 Å². The van der Waals surface area contributed by atoms with E-state index in [2.05, 4.69) is 10.6 Å². The Morgan fingerprint density at radius 1 is 0.625 bits per heavy atom. The summed E-state index contributed by atoms with van der Waals surface area (Å²) in [6.07, 6.45) is -0.634. The van der Waals surface area contributed by atoms with Crippen molar-refractivity contribution >= 4 is 77.8 Å². The number of rotatable bonds is 4. The first-order valence-corrected chi connectivity index (χ1v) is 18.3. The third kappa shape index (κ3) is 6.72. The van der Waals surface area contributed by atoms with E-state index in [1.165, 1.54) is 24.3 Å². The maximum Gasteiger partial charge on any atom is 0.262 e. The van der Waals surface area contributed by atoms with Gasteiger partial charge in [0, 0.05) is 11.4 Å². The SMILES string of the molecule is Cc1ccccc1N1C(=O)c2cc(S(N)(=O)=O)c(Cl)cc2NC1C.Cc1ccccc1N1C(=O)c2cc(S(N)(=O)=O)c(Cl)cc2NC1C. The van der Waals surface area contributed by atoms with Gasteiger partial charge in [-0.25, -0.2) is 27.1 Å². The minimum absolute atomic E-state index is 0.0203. The van der Waals surface area contributed by atoms with Gasteiger partial charge in [0.1, 0.15) is 22.1 Å². The van der Waals surface area contributed by atoms with Gasteiger partial charge in [0.05, 0.1) is 32.5 Å². The number of amides is 2. The molecule has 2 atom stereocenters. The lowest BCUT2D eigenvalue weighted by Crippen LogP contribution is -2.47. The molecular formula is C32H32Cl2N6O6S2. The van der Waals surface area contributed by atoms with E-state index in [0.29, 0.717) is 11.4 Å². The Bertz CT molecular complexity index is 2040. The Hall–Kier alpha value is -4.18. The average molecular weight is 732 g/mol. The quantitative estimate of drug-likeness (QED) is 0.214. The fourth-order valence-electron chi connectivity index (χ4n) is 5.63. The number of anilines is 4. The first kappa shape index (κ1) is 35.1. The van der Waals surface area contributed by atoms with Gasteiger partial charge in [0.15, 0.2) is 0 Å². The number of nitrogens with one attached hydrogen (secondary N) is 2. The lowest BCUT2D eigenvalue weighted by Gasteiger charge is -2.37. The molecule has 2 aliphatic heterocycles. The molecule has 48 heavy (non-hydrogen) atoms. The minimum atomic E-state index is -4.02. The van der Waals surface area contributed by atoms with Gasteiger partial charge in [-0.1, -0.05) is 59.6 Å². The number of nitrogens with zero attached hydrogens (tertiary/aromatic N) is 2. The number of halogens is 2. The van der Waals surface area contributed by atoms with Gasteiger partial charge >= 0.3 is 0 Å². The highest BCUT2D eigenvalue weighted by Crippen LogP contribution is 2.37. The largest absolute Gasteiger partial charge is 0.364 e. The standard InChI is InChI=1S/2C16H16ClN3O3S/c2*1-9-5-3-4-6-14(9)20-10(2)19-13-8-12(17)15(24(18,22)23)7-11(13)16(20)21/h2*3-8,10,19H,1-2H3,(H2,18,22,23). The Morgan fingerprint density at radius 3 is 1.27 bits per heavy atom. The van der Waals surface area contributed by atoms with Crippen LogP contribution in [0.2, 0.25) is 10.0 Å². The molecule has 0 saturated heterocycles. The third-order valence-corrected chi connectivity index (χ3v) is 10.7. The minimum Gasteiger partial charge on any atom is -0.364 e. The van der Waals surface area contributed by atoms with Crippen LogP contribution in [0.3, 0.4) is 0 Å². The number of sulfonamides is 2. The molecule has 2 aliphatic rings. The Labute approximate surface area is 288 Å². The van der Waals surface area contributed by atoms with Crippen molar-refractivity contribution in [1.82, 2.24) is 0 Å². The highest BCUT2D eigenvalue weighted by molar-refractivity contribution is 7.89. The molecular weight excluding hydrogens is 699 g/mol. The normalized spacial score (nSPS) is 17.4. The van der Waals surface area contributed by atoms with Crippen molar-refractivity contribution in [2.75, 3.05) is 20.4 Å². The smallest absolute Gasteiger partial charge is 0.262 e. The number of aryl methyl sites for hydroxylation is 2. The second kappa shape index (κ2) is 13.0. The maximum absolute atomic E-state index is 13.0. The van der Waals surface area contributed by atoms with E-state index in [-0.39, 0.29) is 55.1 Å². The van der Waals surface area contributed by atoms with E-state index in [1.807, 2.05) is 76.2 Å². The fourth-order valence-corrected chi connectivity index (χ4v) is 7.83. The summed E-state index contributed by atoms with van der Waals surface area (Å²) in [6.45, 7) is 7.49. The van der Waals surface area contributed by atoms with Crippen LogP contribution in [0.4, 0.5) is 22.7 Å². The summed E-state index contributed by atoms with van der Waals surface area (Å²) in [4.78, 5) is 28.6. The number of hydrogen-bond donors (Lipinski definition) is 4. The van der Waals surface area contributed by atoms with Crippen LogP contribution in [0.1, 0.15) is 45.7 Å². The van der Waals surface area contributed by atoms with Crippen LogP contribution in [0.15, 0.2) is 82.6 Å². The van der Waals surface area contributed by atoms with Crippen LogP contribution >= 0.6 is 23.2 Å². The molecule has 0 spiro atoms. The maximum atomic E-state index is 13.0. The van der Waals surface area contributed by atoms with Crippen molar-refractivity contribution in [2.24, 2.45) is 10.3 Å². The molecule has 16 heteroatoms. The van der Waals surface area contributed by atoms with Gasteiger partial charge in [-0.3, -0.25) is 19.4 Å². The number of hydrogen-bond acceptors (Lipinski definition) is 8. The summed E-state index contributed by atoms with van der Waals surface area (Å²) < 4.78 is 46.7. The van der Waals surface area contributed by atoms with Crippen LogP contribution in [0.5, 0.6) is 0 Å². The zero-order valence-electron chi connectivity index (χ0n) is 26.2. The lowest BCUT2D eigenvalue weighted by molar-refractivity contribution is 0.0968. The van der Waals surface area contributed by atoms with Crippen LogP contribution in [-0.2, 0) is 20.0 Å². The first-order valence-electron chi connectivity index (χ1n) is 14.4. The molecule has 0 bridgehead atoms. The Morgan fingerprint density at radius 2 is 0.958 bits per heavy atom. The summed E-state index contributed by atoms with van der Waals surface area (Å²) in [6, 6.07) is 20.2. The number of carbonyl (C=O) groups is 2. The highest BCUT2D eigenvalue weighted by Gasteiger charge is 2.34. The monoisotopic (exact) mass is 730 g/mol. The number of benzene rings is 4. The van der Waals surface area contributed by atoms with Crippen LogP contribution in [0, 0.1) is 13.8 Å². The van der Waals surface area contributed by atoms with Gasteiger partial charge in [-0.05, 0) is 75.2 Å². The van der Waals surface area contributed by atoms with E-state index in [1.54, 1.807) is 9.80 Å². The number of para-hydroxylation sites is 2. The predicted molar refractivity (Wildman–Crippen MR) is 188 cm³/mol. The van der Waals surface area contributed by atoms with Crippen molar-refractivity contribution in [2.45, 2.75) is 49.8 Å². The number of primary sulfonamides is 2. The number of fused-ring (bicyclic) bond motifs is 2. The summed E-state index contributed by atoms with van der Waals surface area (Å²) in [7, 11) is -8.05. The molecule has 2 unspecified atom stereocenters. The van der Waals surface area contributed by atoms with E-state index >= 15 is 0 Å². The first-order chi connectivity index (χ1) is 22.4. The van der Waals surface area contributed by atoms with Crippen molar-refractivity contribution < 1.29 is 26.4 Å². The molecule has 4 aromatic rings. The van der Waals surface area contributed by atoms with E-state index in [4.69, 9.17) is 33.5 Å². The van der Waals surface area contributed by atoms with E-state index in [9.17, 15) is 26.4 Å². The molecule has 6 rings (SSSR count). The summed E-state index contributed by atoms with van der Waals surface area (Å²) in [5, 5.41) is 16.7. The summed E-state index contributed by atoms with van der Waals surface area (Å²) in [5.74, 6) is -0.626. The van der Waals surface area contributed by atoms with Crippen molar-refractivity contribution in [3.63, 3.8) is 0 Å². The van der Waals surface area contributed by atoms with Crippen LogP contribution in [-0.4, -0.2) is 41.0 Å². The van der Waals surface area contributed by atoms with Crippen molar-refractivity contribution in [1.29, 1.82) is 0 Å². The molecule has 0 fully saturated rings. The molecule has 6 N–H and O–H groups in total. The van der Waals surface area contributed by atoms with E-state index in [0.717, 1.165) is 22.5 Å².